The van der Waals surface area contributed by atoms with E-state index >= 15 is 0 Å². The number of hydrogen-bond donors (Lipinski definition) is 2. The predicted molar refractivity (Wildman–Crippen MR) is 92.7 cm³/mol. The molecule has 2 aromatic rings. The number of para-hydroxylation sites is 1. The highest BCUT2D eigenvalue weighted by Crippen LogP contribution is 2.33. The van der Waals surface area contributed by atoms with Crippen LogP contribution in [0.5, 0.6) is 0 Å². The Morgan fingerprint density at radius 2 is 1.68 bits per heavy atom. The summed E-state index contributed by atoms with van der Waals surface area (Å²) in [5.74, 6) is -1.33. The number of carboxylic acid groups (broad SMARTS) is 1. The van der Waals surface area contributed by atoms with Gasteiger partial charge in [0.1, 0.15) is 0 Å². The third-order valence-corrected chi connectivity index (χ3v) is 4.32. The third-order valence-electron chi connectivity index (χ3n) is 4.32. The number of carbonyl (C=O) groups excluding carboxylic acids is 2. The van der Waals surface area contributed by atoms with Crippen LogP contribution in [-0.4, -0.2) is 29.4 Å². The van der Waals surface area contributed by atoms with Crippen LogP contribution in [0.4, 0.5) is 5.69 Å². The number of fused-ring (bicyclic) bond motifs is 1. The van der Waals surface area contributed by atoms with Gasteiger partial charge in [0, 0.05) is 24.7 Å². The minimum absolute atomic E-state index is 0.0264. The van der Waals surface area contributed by atoms with Gasteiger partial charge in [-0.2, -0.15) is 0 Å². The van der Waals surface area contributed by atoms with Gasteiger partial charge in [-0.1, -0.05) is 18.2 Å². The lowest BCUT2D eigenvalue weighted by Gasteiger charge is -2.34. The first-order chi connectivity index (χ1) is 12.0. The van der Waals surface area contributed by atoms with Crippen LogP contribution in [0.25, 0.3) is 0 Å². The fraction of sp³-hybridized carbons (Fsp3) is 0.211. The van der Waals surface area contributed by atoms with Gasteiger partial charge in [0.15, 0.2) is 0 Å². The van der Waals surface area contributed by atoms with Crippen molar-refractivity contribution in [3.63, 3.8) is 0 Å². The maximum absolute atomic E-state index is 12.5. The summed E-state index contributed by atoms with van der Waals surface area (Å²) in [6.07, 6.45) is 0.621. The van der Waals surface area contributed by atoms with E-state index in [-0.39, 0.29) is 23.4 Å². The normalized spacial score (nSPS) is 16.0. The number of hydrogen-bond acceptors (Lipinski definition) is 3. The monoisotopic (exact) mass is 338 g/mol. The van der Waals surface area contributed by atoms with Crippen molar-refractivity contribution in [2.75, 3.05) is 11.4 Å². The Labute approximate surface area is 145 Å². The molecule has 1 atom stereocenters. The number of nitrogens with zero attached hydrogens (tertiary/aromatic N) is 1. The average Bonchev–Trinajstić information content (AvgIpc) is 2.61. The lowest BCUT2D eigenvalue weighted by Crippen LogP contribution is -2.40. The molecule has 1 unspecified atom stereocenters. The van der Waals surface area contributed by atoms with Crippen LogP contribution in [-0.2, 0) is 4.79 Å². The van der Waals surface area contributed by atoms with Gasteiger partial charge in [-0.15, -0.1) is 0 Å². The molecule has 0 saturated carbocycles. The van der Waals surface area contributed by atoms with E-state index in [1.807, 2.05) is 24.3 Å². The first kappa shape index (κ1) is 16.7. The molecule has 128 valence electrons. The molecule has 0 saturated heterocycles. The van der Waals surface area contributed by atoms with Crippen molar-refractivity contribution in [1.29, 1.82) is 0 Å². The van der Waals surface area contributed by atoms with Crippen molar-refractivity contribution in [3.8, 4) is 0 Å². The van der Waals surface area contributed by atoms with Crippen LogP contribution in [0, 0.1) is 0 Å². The average molecular weight is 338 g/mol. The molecule has 3 rings (SSSR count). The van der Waals surface area contributed by atoms with E-state index < -0.39 is 5.97 Å². The molecule has 1 aliphatic rings. The van der Waals surface area contributed by atoms with Gasteiger partial charge >= 0.3 is 5.97 Å². The van der Waals surface area contributed by atoms with E-state index in [1.165, 1.54) is 31.2 Å². The summed E-state index contributed by atoms with van der Waals surface area (Å²) in [5, 5.41) is 11.9. The topological polar surface area (TPSA) is 86.7 Å². The van der Waals surface area contributed by atoms with Crippen LogP contribution in [0.2, 0.25) is 0 Å². The standard InChI is InChI=1S/C19H18N2O4/c1-12(22)21-11-10-16(15-4-2-3-5-17(15)21)20-18(23)13-6-8-14(9-7-13)19(24)25/h2-9,16H,10-11H2,1H3,(H,20,23)(H,24,25). The Hall–Kier alpha value is -3.15. The maximum Gasteiger partial charge on any atom is 0.335 e. The fourth-order valence-corrected chi connectivity index (χ4v) is 3.04. The second-order valence-corrected chi connectivity index (χ2v) is 5.93. The number of carbonyl (C=O) groups is 3. The van der Waals surface area contributed by atoms with Gasteiger partial charge in [0.2, 0.25) is 5.91 Å². The van der Waals surface area contributed by atoms with Crippen LogP contribution >= 0.6 is 0 Å². The van der Waals surface area contributed by atoms with Crippen LogP contribution in [0.3, 0.4) is 0 Å². The summed E-state index contributed by atoms with van der Waals surface area (Å²) in [6, 6.07) is 13.1. The van der Waals surface area contributed by atoms with E-state index in [0.29, 0.717) is 18.5 Å². The maximum atomic E-state index is 12.5. The quantitative estimate of drug-likeness (QED) is 0.901. The summed E-state index contributed by atoms with van der Waals surface area (Å²) >= 11 is 0. The molecule has 1 heterocycles. The molecule has 0 bridgehead atoms. The number of carboxylic acids is 1. The Kier molecular flexibility index (Phi) is 4.52. The zero-order valence-corrected chi connectivity index (χ0v) is 13.7. The molecule has 0 aliphatic carbocycles. The minimum atomic E-state index is -1.03. The number of nitrogens with one attached hydrogen (secondary N) is 1. The number of aromatic carboxylic acids is 1. The lowest BCUT2D eigenvalue weighted by molar-refractivity contribution is -0.116. The SMILES string of the molecule is CC(=O)N1CCC(NC(=O)c2ccc(C(=O)O)cc2)c2ccccc21. The molecule has 25 heavy (non-hydrogen) atoms. The van der Waals surface area contributed by atoms with Gasteiger partial charge < -0.3 is 15.3 Å². The van der Waals surface area contributed by atoms with Crippen LogP contribution < -0.4 is 10.2 Å². The Morgan fingerprint density at radius 1 is 1.04 bits per heavy atom. The third kappa shape index (κ3) is 3.38. The molecular formula is C19H18N2O4. The summed E-state index contributed by atoms with van der Waals surface area (Å²) in [5.41, 5.74) is 2.25. The zero-order chi connectivity index (χ0) is 18.0. The van der Waals surface area contributed by atoms with E-state index in [0.717, 1.165) is 11.3 Å². The highest BCUT2D eigenvalue weighted by atomic mass is 16.4. The lowest BCUT2D eigenvalue weighted by atomic mass is 9.96. The molecule has 2 amide bonds. The number of rotatable bonds is 3. The first-order valence-corrected chi connectivity index (χ1v) is 7.98. The van der Waals surface area contributed by atoms with Gasteiger partial charge in [-0.05, 0) is 42.3 Å². The fourth-order valence-electron chi connectivity index (χ4n) is 3.04. The van der Waals surface area contributed by atoms with Crippen molar-refractivity contribution in [2.24, 2.45) is 0 Å². The smallest absolute Gasteiger partial charge is 0.335 e. The highest BCUT2D eigenvalue weighted by Gasteiger charge is 2.28. The van der Waals surface area contributed by atoms with E-state index in [1.54, 1.807) is 4.90 Å². The van der Waals surface area contributed by atoms with Gasteiger partial charge in [0.05, 0.1) is 11.6 Å². The van der Waals surface area contributed by atoms with E-state index in [2.05, 4.69) is 5.32 Å². The molecular weight excluding hydrogens is 320 g/mol. The molecule has 0 radical (unpaired) electrons. The molecule has 6 heteroatoms. The second-order valence-electron chi connectivity index (χ2n) is 5.93. The zero-order valence-electron chi connectivity index (χ0n) is 13.7. The Bertz CT molecular complexity index is 830. The van der Waals surface area contributed by atoms with Gasteiger partial charge in [-0.25, -0.2) is 4.79 Å². The second kappa shape index (κ2) is 6.76. The first-order valence-electron chi connectivity index (χ1n) is 7.98. The molecule has 6 nitrogen and oxygen atoms in total. The molecule has 1 aliphatic heterocycles. The van der Waals surface area contributed by atoms with Gasteiger partial charge in [0.25, 0.3) is 5.91 Å². The summed E-state index contributed by atoms with van der Waals surface area (Å²) in [7, 11) is 0. The van der Waals surface area contributed by atoms with Crippen LogP contribution in [0.1, 0.15) is 45.7 Å². The number of anilines is 1. The summed E-state index contributed by atoms with van der Waals surface area (Å²) < 4.78 is 0. The van der Waals surface area contributed by atoms with E-state index in [9.17, 15) is 14.4 Å². The summed E-state index contributed by atoms with van der Waals surface area (Å²) in [4.78, 5) is 36.9. The van der Waals surface area contributed by atoms with Gasteiger partial charge in [-0.3, -0.25) is 9.59 Å². The highest BCUT2D eigenvalue weighted by molar-refractivity contribution is 5.97. The Balaban J connectivity index is 1.81. The van der Waals surface area contributed by atoms with Crippen molar-refractivity contribution in [2.45, 2.75) is 19.4 Å². The molecule has 0 fully saturated rings. The van der Waals surface area contributed by atoms with Crippen molar-refractivity contribution in [3.05, 3.63) is 65.2 Å². The largest absolute Gasteiger partial charge is 0.478 e. The van der Waals surface area contributed by atoms with Crippen LogP contribution in [0.15, 0.2) is 48.5 Å². The number of benzene rings is 2. The molecule has 0 spiro atoms. The number of amides is 2. The molecule has 2 N–H and O–H groups in total. The van der Waals surface area contributed by atoms with Crippen molar-refractivity contribution in [1.82, 2.24) is 5.32 Å². The summed E-state index contributed by atoms with van der Waals surface area (Å²) in [6.45, 7) is 2.06. The van der Waals surface area contributed by atoms with E-state index in [4.69, 9.17) is 5.11 Å². The Morgan fingerprint density at radius 3 is 2.32 bits per heavy atom. The minimum Gasteiger partial charge on any atom is -0.478 e. The molecule has 0 aromatic heterocycles. The van der Waals surface area contributed by atoms with Crippen molar-refractivity contribution >= 4 is 23.5 Å². The molecule has 2 aromatic carbocycles. The predicted octanol–water partition coefficient (Wildman–Crippen LogP) is 2.61. The van der Waals surface area contributed by atoms with Crippen molar-refractivity contribution < 1.29 is 19.5 Å².